The average molecular weight is 437 g/mol. The molecule has 1 aliphatic heterocycles. The van der Waals surface area contributed by atoms with E-state index in [4.69, 9.17) is 4.74 Å². The molecule has 2 amide bonds. The van der Waals surface area contributed by atoms with E-state index < -0.39 is 29.3 Å². The van der Waals surface area contributed by atoms with Crippen molar-refractivity contribution < 1.29 is 27.5 Å². The molecule has 0 unspecified atom stereocenters. The minimum atomic E-state index is -4.53. The van der Waals surface area contributed by atoms with E-state index in [0.29, 0.717) is 17.4 Å². The molecule has 1 N–H and O–H groups in total. The molecule has 0 bridgehead atoms. The fourth-order valence-electron chi connectivity index (χ4n) is 2.57. The van der Waals surface area contributed by atoms with E-state index >= 15 is 0 Å². The summed E-state index contributed by atoms with van der Waals surface area (Å²) < 4.78 is 44.1. The Morgan fingerprint density at radius 3 is 2.50 bits per heavy atom. The van der Waals surface area contributed by atoms with Crippen molar-refractivity contribution in [1.29, 1.82) is 0 Å². The summed E-state index contributed by atoms with van der Waals surface area (Å²) in [5, 5.41) is 2.68. The lowest BCUT2D eigenvalue weighted by Gasteiger charge is -2.22. The molecule has 1 fully saturated rings. The van der Waals surface area contributed by atoms with Gasteiger partial charge < -0.3 is 15.0 Å². The highest BCUT2D eigenvalue weighted by Gasteiger charge is 2.34. The van der Waals surface area contributed by atoms with Crippen molar-refractivity contribution in [3.8, 4) is 0 Å². The van der Waals surface area contributed by atoms with Crippen LogP contribution in [0.5, 0.6) is 0 Å². The van der Waals surface area contributed by atoms with Gasteiger partial charge in [0.1, 0.15) is 5.60 Å². The molecule has 144 valence electrons. The molecule has 1 aromatic carbocycles. The lowest BCUT2D eigenvalue weighted by atomic mass is 10.1. The summed E-state index contributed by atoms with van der Waals surface area (Å²) in [6.07, 6.45) is -4.61. The van der Waals surface area contributed by atoms with Crippen molar-refractivity contribution in [3.63, 3.8) is 0 Å². The van der Waals surface area contributed by atoms with Gasteiger partial charge in [-0.3, -0.25) is 4.79 Å². The van der Waals surface area contributed by atoms with Crippen molar-refractivity contribution in [2.45, 2.75) is 45.0 Å². The molecule has 9 heteroatoms. The molecule has 0 aliphatic carbocycles. The second-order valence-electron chi connectivity index (χ2n) is 7.08. The summed E-state index contributed by atoms with van der Waals surface area (Å²) in [7, 11) is 0. The van der Waals surface area contributed by atoms with E-state index in [0.717, 1.165) is 12.1 Å². The number of carbonyl (C=O) groups is 2. The zero-order valence-electron chi connectivity index (χ0n) is 14.6. The Morgan fingerprint density at radius 1 is 1.27 bits per heavy atom. The Labute approximate surface area is 158 Å². The van der Waals surface area contributed by atoms with Gasteiger partial charge in [-0.05, 0) is 61.3 Å². The van der Waals surface area contributed by atoms with E-state index in [2.05, 4.69) is 21.2 Å². The van der Waals surface area contributed by atoms with Gasteiger partial charge in [-0.1, -0.05) is 0 Å². The van der Waals surface area contributed by atoms with Gasteiger partial charge in [0.25, 0.3) is 5.91 Å². The maximum atomic E-state index is 12.9. The van der Waals surface area contributed by atoms with Gasteiger partial charge in [0.2, 0.25) is 0 Å². The highest BCUT2D eigenvalue weighted by molar-refractivity contribution is 9.10. The van der Waals surface area contributed by atoms with E-state index in [1.54, 1.807) is 20.8 Å². The molecule has 1 atom stereocenters. The van der Waals surface area contributed by atoms with Gasteiger partial charge in [0.15, 0.2) is 0 Å². The minimum absolute atomic E-state index is 0.0576. The first-order valence-corrected chi connectivity index (χ1v) is 8.81. The Hall–Kier alpha value is -1.77. The molecule has 0 radical (unpaired) electrons. The Bertz CT molecular complexity index is 701. The highest BCUT2D eigenvalue weighted by atomic mass is 79.9. The largest absolute Gasteiger partial charge is 0.444 e. The van der Waals surface area contributed by atoms with Crippen molar-refractivity contribution >= 4 is 27.9 Å². The van der Waals surface area contributed by atoms with Crippen LogP contribution in [0.15, 0.2) is 22.7 Å². The lowest BCUT2D eigenvalue weighted by Crippen LogP contribution is -2.41. The summed E-state index contributed by atoms with van der Waals surface area (Å²) in [5.74, 6) is -0.517. The van der Waals surface area contributed by atoms with Crippen LogP contribution in [0.25, 0.3) is 0 Å². The Balaban J connectivity index is 2.05. The minimum Gasteiger partial charge on any atom is -0.444 e. The van der Waals surface area contributed by atoms with Crippen LogP contribution >= 0.6 is 15.9 Å². The van der Waals surface area contributed by atoms with Gasteiger partial charge in [-0.25, -0.2) is 4.79 Å². The number of nitrogens with zero attached hydrogens (tertiary/aromatic N) is 1. The third-order valence-corrected chi connectivity index (χ3v) is 4.41. The number of likely N-dealkylation sites (tertiary alicyclic amines) is 1. The monoisotopic (exact) mass is 436 g/mol. The quantitative estimate of drug-likeness (QED) is 0.755. The van der Waals surface area contributed by atoms with E-state index in [1.165, 1.54) is 11.0 Å². The Morgan fingerprint density at radius 2 is 1.92 bits per heavy atom. The van der Waals surface area contributed by atoms with Gasteiger partial charge >= 0.3 is 12.3 Å². The van der Waals surface area contributed by atoms with E-state index in [9.17, 15) is 22.8 Å². The summed E-state index contributed by atoms with van der Waals surface area (Å²) in [5.41, 5.74) is -1.58. The fourth-order valence-corrected chi connectivity index (χ4v) is 2.99. The molecule has 0 spiro atoms. The molecular weight excluding hydrogens is 417 g/mol. The molecule has 5 nitrogen and oxygen atoms in total. The highest BCUT2D eigenvalue weighted by Crippen LogP contribution is 2.32. The van der Waals surface area contributed by atoms with Crippen LogP contribution in [0.1, 0.15) is 43.1 Å². The van der Waals surface area contributed by atoms with Crippen LogP contribution in [-0.4, -0.2) is 41.6 Å². The van der Waals surface area contributed by atoms with Crippen LogP contribution in [0, 0.1) is 0 Å². The topological polar surface area (TPSA) is 58.6 Å². The molecule has 1 aliphatic rings. The second kappa shape index (κ2) is 7.46. The zero-order valence-corrected chi connectivity index (χ0v) is 16.2. The van der Waals surface area contributed by atoms with Crippen molar-refractivity contribution in [2.75, 3.05) is 13.1 Å². The molecular formula is C17H20BrF3N2O3. The number of nitrogens with one attached hydrogen (secondary N) is 1. The number of hydrogen-bond acceptors (Lipinski definition) is 3. The predicted octanol–water partition coefficient (Wildman–Crippen LogP) is 4.21. The van der Waals surface area contributed by atoms with Crippen molar-refractivity contribution in [1.82, 2.24) is 10.2 Å². The Kier molecular flexibility index (Phi) is 5.89. The van der Waals surface area contributed by atoms with Crippen LogP contribution in [0.4, 0.5) is 18.0 Å². The number of carbonyl (C=O) groups excluding carboxylic acids is 2. The number of ether oxygens (including phenoxy) is 1. The summed E-state index contributed by atoms with van der Waals surface area (Å²) in [6, 6.07) is 2.65. The molecule has 0 aromatic heterocycles. The number of rotatable bonds is 2. The van der Waals surface area contributed by atoms with Crippen LogP contribution in [0.3, 0.4) is 0 Å². The average Bonchev–Trinajstić information content (AvgIpc) is 2.92. The molecule has 1 aromatic rings. The molecule has 1 heterocycles. The molecule has 0 saturated carbocycles. The summed E-state index contributed by atoms with van der Waals surface area (Å²) >= 11 is 3.13. The van der Waals surface area contributed by atoms with Gasteiger partial charge in [-0.2, -0.15) is 13.2 Å². The van der Waals surface area contributed by atoms with Crippen molar-refractivity contribution in [3.05, 3.63) is 33.8 Å². The van der Waals surface area contributed by atoms with E-state index in [1.807, 2.05) is 0 Å². The van der Waals surface area contributed by atoms with Crippen LogP contribution < -0.4 is 5.32 Å². The molecule has 1 saturated heterocycles. The van der Waals surface area contributed by atoms with E-state index in [-0.39, 0.29) is 18.2 Å². The number of halogens is 4. The standard InChI is InChI=1S/C17H20BrF3N2O3/c1-16(2,3)26-15(25)22-11-6-7-23(9-11)14(24)12-8-10(17(19,20)21)4-5-13(12)18/h4-5,8,11H,6-7,9H2,1-3H3,(H,22,25)/t11-/m1/s1. The first-order chi connectivity index (χ1) is 11.9. The van der Waals surface area contributed by atoms with Crippen molar-refractivity contribution in [2.24, 2.45) is 0 Å². The summed E-state index contributed by atoms with van der Waals surface area (Å²) in [6.45, 7) is 5.76. The fraction of sp³-hybridized carbons (Fsp3) is 0.529. The van der Waals surface area contributed by atoms with Crippen LogP contribution in [-0.2, 0) is 10.9 Å². The normalized spacial score (nSPS) is 18.0. The smallest absolute Gasteiger partial charge is 0.416 e. The molecule has 2 rings (SSSR count). The first kappa shape index (κ1) is 20.5. The molecule has 26 heavy (non-hydrogen) atoms. The summed E-state index contributed by atoms with van der Waals surface area (Å²) in [4.78, 5) is 25.8. The predicted molar refractivity (Wildman–Crippen MR) is 92.8 cm³/mol. The SMILES string of the molecule is CC(C)(C)OC(=O)N[C@@H]1CCN(C(=O)c2cc(C(F)(F)F)ccc2Br)C1. The zero-order chi connectivity index (χ0) is 19.7. The number of amides is 2. The maximum absolute atomic E-state index is 12.9. The second-order valence-corrected chi connectivity index (χ2v) is 7.93. The van der Waals surface area contributed by atoms with Gasteiger partial charge in [0, 0.05) is 17.6 Å². The lowest BCUT2D eigenvalue weighted by molar-refractivity contribution is -0.137. The van der Waals surface area contributed by atoms with Gasteiger partial charge in [-0.15, -0.1) is 0 Å². The number of benzene rings is 1. The van der Waals surface area contributed by atoms with Crippen LogP contribution in [0.2, 0.25) is 0 Å². The van der Waals surface area contributed by atoms with Gasteiger partial charge in [0.05, 0.1) is 17.2 Å². The number of alkyl carbamates (subject to hydrolysis) is 1. The maximum Gasteiger partial charge on any atom is 0.416 e. The third-order valence-electron chi connectivity index (χ3n) is 3.72. The first-order valence-electron chi connectivity index (χ1n) is 8.02. The third kappa shape index (κ3) is 5.36. The number of hydrogen-bond donors (Lipinski definition) is 1. The number of alkyl halides is 3.